The van der Waals surface area contributed by atoms with Crippen LogP contribution >= 0.6 is 0 Å². The molecule has 0 aliphatic carbocycles. The number of anilines is 1. The minimum absolute atomic E-state index is 0. The molecule has 0 aromatic heterocycles. The van der Waals surface area contributed by atoms with Gasteiger partial charge in [-0.1, -0.05) is 12.1 Å². The van der Waals surface area contributed by atoms with Gasteiger partial charge in [0, 0.05) is 31.4 Å². The van der Waals surface area contributed by atoms with Gasteiger partial charge in [0.05, 0.1) is 22.3 Å². The molecule has 29 heteroatoms. The van der Waals surface area contributed by atoms with Crippen LogP contribution in [0.5, 0.6) is 5.75 Å². The number of nitrogen functional groups attached to an aromatic ring is 1. The largest absolute Gasteiger partial charge is 1.00 e. The Morgan fingerprint density at radius 3 is 1.35 bits per heavy atom. The van der Waals surface area contributed by atoms with Gasteiger partial charge in [-0.2, -0.15) is 18.2 Å². The summed E-state index contributed by atoms with van der Waals surface area (Å²) in [6.45, 7) is 8.95. The average Bonchev–Trinajstić information content (AvgIpc) is 3.56. The number of fused-ring (bicyclic) bond motifs is 2. The molecule has 0 saturated carbocycles. The number of piperidine rings is 2. The molecule has 2 aromatic carbocycles. The van der Waals surface area contributed by atoms with E-state index < -0.39 is 130 Å². The van der Waals surface area contributed by atoms with E-state index in [9.17, 15) is 53.1 Å². The summed E-state index contributed by atoms with van der Waals surface area (Å²) in [5, 5.41) is 18.8. The molecular formula is C36H37F2N6NaO19S. The number of hydrogen-bond donors (Lipinski definition) is 4. The van der Waals surface area contributed by atoms with E-state index in [2.05, 4.69) is 0 Å². The van der Waals surface area contributed by atoms with Crippen LogP contribution in [0.3, 0.4) is 0 Å². The van der Waals surface area contributed by atoms with Gasteiger partial charge in [-0.25, -0.2) is 28.2 Å². The SMILES string of the molecule is CC(C)(C)OC(=O)N1C(=O)CCC(F)(N2C(=O)c3cccc(N)c3C2=O)C1=O.CC(C)(C)OC(=O)N1C(=O)CCC(F)(N2C(=O)c3cccc(O)c3C2=O)C1=O.O=N[O-].O=S(=O)(O)O.[Na+]. The predicted molar refractivity (Wildman–Crippen MR) is 206 cm³/mol. The number of nitrogens with two attached hydrogens (primary N) is 1. The van der Waals surface area contributed by atoms with Crippen molar-refractivity contribution in [2.75, 3.05) is 5.73 Å². The number of benzene rings is 2. The van der Waals surface area contributed by atoms with E-state index in [4.69, 9.17) is 42.8 Å². The van der Waals surface area contributed by atoms with Gasteiger partial charge in [-0.05, 0) is 65.8 Å². The zero-order chi connectivity index (χ0) is 49.2. The molecule has 0 spiro atoms. The second-order valence-corrected chi connectivity index (χ2v) is 16.3. The van der Waals surface area contributed by atoms with E-state index in [1.807, 2.05) is 0 Å². The number of likely N-dealkylation sites (tertiary alicyclic amines) is 2. The summed E-state index contributed by atoms with van der Waals surface area (Å²) in [4.78, 5) is 133. The van der Waals surface area contributed by atoms with Crippen LogP contribution in [-0.2, 0) is 39.1 Å². The zero-order valence-electron chi connectivity index (χ0n) is 35.1. The number of carbonyl (C=O) groups excluding carboxylic acids is 10. The Morgan fingerprint density at radius 2 is 1.03 bits per heavy atom. The van der Waals surface area contributed by atoms with Gasteiger partial charge in [0.1, 0.15) is 17.0 Å². The number of alkyl halides is 2. The first-order valence-corrected chi connectivity index (χ1v) is 19.3. The summed E-state index contributed by atoms with van der Waals surface area (Å²) in [5.41, 5.74) is 2.42. The number of ether oxygens (including phenoxy) is 2. The van der Waals surface area contributed by atoms with Crippen LogP contribution in [0.25, 0.3) is 0 Å². The van der Waals surface area contributed by atoms with Crippen LogP contribution in [0, 0.1) is 10.1 Å². The summed E-state index contributed by atoms with van der Waals surface area (Å²) in [6.07, 6.45) is -5.54. The number of amides is 10. The van der Waals surface area contributed by atoms with Gasteiger partial charge in [-0.15, -0.1) is 5.34 Å². The van der Waals surface area contributed by atoms with Gasteiger partial charge in [0.2, 0.25) is 11.8 Å². The Hall–Kier alpha value is -6.33. The first-order chi connectivity index (χ1) is 29.2. The number of halogens is 2. The molecule has 65 heavy (non-hydrogen) atoms. The summed E-state index contributed by atoms with van der Waals surface area (Å²) in [6, 6.07) is 7.66. The Kier molecular flexibility index (Phi) is 16.7. The molecule has 346 valence electrons. The van der Waals surface area contributed by atoms with E-state index in [0.717, 1.165) is 11.4 Å². The third-order valence-electron chi connectivity index (χ3n) is 8.60. The molecular weight excluding hydrogens is 913 g/mol. The molecule has 2 saturated heterocycles. The van der Waals surface area contributed by atoms with Gasteiger partial charge < -0.3 is 30.4 Å². The molecule has 6 rings (SSSR count). The number of nitrogens with zero attached hydrogens (tertiary/aromatic N) is 5. The molecule has 5 N–H and O–H groups in total. The normalized spacial score (nSPS) is 20.5. The van der Waals surface area contributed by atoms with Crippen molar-refractivity contribution in [2.45, 2.75) is 90.0 Å². The standard InChI is InChI=1S/C18H18FN3O6.C18H17FN2O7.HNO2.Na.H2O4S/c1-17(2,3)28-16(27)21-11(23)7-8-18(19,15(21)26)22-13(24)9-5-4-6-10(20)12(9)14(22)25;1-17(2,3)28-16(27)20-11(23)7-8-18(19,15(20)26)21-13(24)9-5-4-6-10(22)12(9)14(21)25;2-1-3;;1-5(2,3)4/h4-6H,7-8,20H2,1-3H3;4-6,22H,7-8H2,1-3H3;(H,2,3);;(H2,1,2,3,4)/q;;;+1;/p-1. The van der Waals surface area contributed by atoms with Crippen molar-refractivity contribution in [1.82, 2.24) is 19.6 Å². The molecule has 0 bridgehead atoms. The number of imide groups is 8. The number of hydrogen-bond acceptors (Lipinski definition) is 19. The van der Waals surface area contributed by atoms with E-state index in [-0.39, 0.29) is 71.5 Å². The van der Waals surface area contributed by atoms with Gasteiger partial charge in [0.25, 0.3) is 47.0 Å². The number of rotatable bonds is 2. The van der Waals surface area contributed by atoms with Crippen LogP contribution in [0.4, 0.5) is 24.1 Å². The summed E-state index contributed by atoms with van der Waals surface area (Å²) < 4.78 is 73.0. The van der Waals surface area contributed by atoms with Crippen molar-refractivity contribution in [1.29, 1.82) is 0 Å². The second kappa shape index (κ2) is 19.8. The smallest absolute Gasteiger partial charge is 0.507 e. The fourth-order valence-electron chi connectivity index (χ4n) is 6.17. The van der Waals surface area contributed by atoms with E-state index in [1.54, 1.807) is 0 Å². The van der Waals surface area contributed by atoms with Crippen LogP contribution < -0.4 is 35.3 Å². The molecule has 10 amide bonds. The molecule has 4 heterocycles. The number of aromatic hydroxyl groups is 1. The maximum absolute atomic E-state index is 15.8. The van der Waals surface area contributed by atoms with Crippen molar-refractivity contribution in [3.63, 3.8) is 0 Å². The molecule has 4 aliphatic rings. The van der Waals surface area contributed by atoms with E-state index >= 15 is 8.78 Å². The molecule has 4 aliphatic heterocycles. The van der Waals surface area contributed by atoms with Crippen molar-refractivity contribution >= 4 is 75.5 Å². The topological polar surface area (TPSA) is 375 Å². The number of carbonyl (C=O) groups is 10. The third kappa shape index (κ3) is 11.7. The van der Waals surface area contributed by atoms with Gasteiger partial charge in [-0.3, -0.25) is 47.5 Å². The maximum Gasteiger partial charge on any atom is 1.00 e. The average molecular weight is 951 g/mol. The minimum Gasteiger partial charge on any atom is -0.507 e. The van der Waals surface area contributed by atoms with E-state index in [0.29, 0.717) is 0 Å². The van der Waals surface area contributed by atoms with Crippen molar-refractivity contribution in [2.24, 2.45) is 5.34 Å². The summed E-state index contributed by atoms with van der Waals surface area (Å²) in [5.74, 6) is -16.9. The van der Waals surface area contributed by atoms with Crippen LogP contribution in [-0.4, -0.2) is 124 Å². The fraction of sp³-hybridized carbons (Fsp3) is 0.389. The Morgan fingerprint density at radius 1 is 0.708 bits per heavy atom. The molecule has 2 atom stereocenters. The van der Waals surface area contributed by atoms with Gasteiger partial charge in [0.15, 0.2) is 0 Å². The number of phenols is 1. The first kappa shape index (κ1) is 54.8. The predicted octanol–water partition coefficient (Wildman–Crippen LogP) is -0.0454. The number of phenolic OH excluding ortho intramolecular Hbond substituents is 1. The molecule has 2 aromatic rings. The quantitative estimate of drug-likeness (QED) is 0.0583. The molecule has 2 unspecified atom stereocenters. The summed E-state index contributed by atoms with van der Waals surface area (Å²) >= 11 is 0. The van der Waals surface area contributed by atoms with Crippen molar-refractivity contribution in [3.8, 4) is 5.75 Å². The summed E-state index contributed by atoms with van der Waals surface area (Å²) in [7, 11) is -4.67. The Balaban J connectivity index is 0.000000379. The van der Waals surface area contributed by atoms with Crippen LogP contribution in [0.1, 0.15) is 109 Å². The molecule has 25 nitrogen and oxygen atoms in total. The van der Waals surface area contributed by atoms with Crippen LogP contribution in [0.2, 0.25) is 0 Å². The monoisotopic (exact) mass is 950 g/mol. The van der Waals surface area contributed by atoms with Gasteiger partial charge >= 0.3 is 52.1 Å². The zero-order valence-corrected chi connectivity index (χ0v) is 38.0. The van der Waals surface area contributed by atoms with Crippen molar-refractivity contribution < 1.29 is 118 Å². The Labute approximate surface area is 387 Å². The third-order valence-corrected chi connectivity index (χ3v) is 8.60. The maximum atomic E-state index is 15.8. The van der Waals surface area contributed by atoms with Crippen molar-refractivity contribution in [3.05, 3.63) is 68.8 Å². The molecule has 0 radical (unpaired) electrons. The van der Waals surface area contributed by atoms with Crippen LogP contribution in [0.15, 0.2) is 41.7 Å². The second-order valence-electron chi connectivity index (χ2n) is 15.4. The van der Waals surface area contributed by atoms with E-state index in [1.165, 1.54) is 71.9 Å². The minimum atomic E-state index is -4.67. The first-order valence-electron chi connectivity index (χ1n) is 17.9. The molecule has 2 fully saturated rings. The fourth-order valence-corrected chi connectivity index (χ4v) is 6.17. The Bertz CT molecular complexity index is 2340.